The van der Waals surface area contributed by atoms with E-state index in [-0.39, 0.29) is 35.9 Å². The fraction of sp³-hybridized carbons (Fsp3) is 0.400. The lowest BCUT2D eigenvalue weighted by molar-refractivity contribution is -0.129. The van der Waals surface area contributed by atoms with Gasteiger partial charge in [0.25, 0.3) is 11.8 Å². The molecular weight excluding hydrogens is 466 g/mol. The summed E-state index contributed by atoms with van der Waals surface area (Å²) < 4.78 is 0. The van der Waals surface area contributed by atoms with Gasteiger partial charge in [-0.2, -0.15) is 0 Å². The molecule has 10 heteroatoms. The number of benzene rings is 1. The van der Waals surface area contributed by atoms with Crippen molar-refractivity contribution >= 4 is 35.0 Å². The smallest absolute Gasteiger partial charge is 0.270 e. The second-order valence-electron chi connectivity index (χ2n) is 8.80. The Kier molecular flexibility index (Phi) is 7.30. The highest BCUT2D eigenvalue weighted by molar-refractivity contribution is 7.13. The molecule has 184 valence electrons. The molecule has 3 heterocycles. The number of primary amides is 1. The lowest BCUT2D eigenvalue weighted by atomic mass is 10.0. The second kappa shape index (κ2) is 10.4. The first-order valence-corrected chi connectivity index (χ1v) is 12.6. The predicted molar refractivity (Wildman–Crippen MR) is 133 cm³/mol. The van der Waals surface area contributed by atoms with E-state index in [4.69, 9.17) is 5.73 Å². The summed E-state index contributed by atoms with van der Waals surface area (Å²) in [4.78, 5) is 56.8. The van der Waals surface area contributed by atoms with Crippen LogP contribution in [0.2, 0.25) is 0 Å². The summed E-state index contributed by atoms with van der Waals surface area (Å²) in [6.45, 7) is 7.32. The van der Waals surface area contributed by atoms with Gasteiger partial charge in [0.1, 0.15) is 10.7 Å². The summed E-state index contributed by atoms with van der Waals surface area (Å²) in [6, 6.07) is 5.53. The molecule has 35 heavy (non-hydrogen) atoms. The number of rotatable bonds is 10. The van der Waals surface area contributed by atoms with Crippen LogP contribution in [-0.2, 0) is 16.1 Å². The van der Waals surface area contributed by atoms with Crippen molar-refractivity contribution in [2.75, 3.05) is 19.6 Å². The average Bonchev–Trinajstić information content (AvgIpc) is 3.56. The summed E-state index contributed by atoms with van der Waals surface area (Å²) >= 11 is 1.34. The van der Waals surface area contributed by atoms with E-state index in [1.165, 1.54) is 16.2 Å². The van der Waals surface area contributed by atoms with Gasteiger partial charge in [-0.3, -0.25) is 19.2 Å². The molecule has 1 atom stereocenters. The van der Waals surface area contributed by atoms with Crippen molar-refractivity contribution in [3.8, 4) is 10.6 Å². The molecule has 0 aliphatic carbocycles. The molecule has 0 bridgehead atoms. The number of likely N-dealkylation sites (tertiary alicyclic amines) is 1. The van der Waals surface area contributed by atoms with E-state index >= 15 is 0 Å². The van der Waals surface area contributed by atoms with Crippen molar-refractivity contribution in [3.63, 3.8) is 0 Å². The molecule has 0 saturated carbocycles. The van der Waals surface area contributed by atoms with Crippen LogP contribution in [0.15, 0.2) is 35.7 Å². The van der Waals surface area contributed by atoms with Crippen molar-refractivity contribution in [3.05, 3.63) is 52.6 Å². The maximum absolute atomic E-state index is 12.8. The number of nitrogens with zero attached hydrogens (tertiary/aromatic N) is 3. The van der Waals surface area contributed by atoms with Crippen LogP contribution in [0.1, 0.15) is 59.0 Å². The molecule has 4 rings (SSSR count). The third-order valence-electron chi connectivity index (χ3n) is 6.53. The Morgan fingerprint density at radius 2 is 2.06 bits per heavy atom. The number of aromatic nitrogens is 1. The summed E-state index contributed by atoms with van der Waals surface area (Å²) in [5.74, 6) is -0.903. The van der Waals surface area contributed by atoms with Gasteiger partial charge >= 0.3 is 0 Å². The molecule has 9 nitrogen and oxygen atoms in total. The SMILES string of the molecule is C=C(CN1Cc2c(cccc2-c2nc(C(=O)NCCC(CC)N3CCCC3=O)cs2)C1=O)C(N)=O. The maximum atomic E-state index is 12.8. The first-order valence-electron chi connectivity index (χ1n) is 11.7. The number of fused-ring (bicyclic) bond motifs is 1. The highest BCUT2D eigenvalue weighted by atomic mass is 32.1. The predicted octanol–water partition coefficient (Wildman–Crippen LogP) is 2.33. The van der Waals surface area contributed by atoms with E-state index in [1.54, 1.807) is 17.5 Å². The van der Waals surface area contributed by atoms with Crippen LogP contribution in [0.4, 0.5) is 0 Å². The van der Waals surface area contributed by atoms with Crippen LogP contribution in [0.5, 0.6) is 0 Å². The van der Waals surface area contributed by atoms with E-state index < -0.39 is 5.91 Å². The van der Waals surface area contributed by atoms with Crippen molar-refractivity contribution in [1.82, 2.24) is 20.1 Å². The first kappa shape index (κ1) is 24.6. The van der Waals surface area contributed by atoms with Gasteiger partial charge in [-0.05, 0) is 30.9 Å². The lowest BCUT2D eigenvalue weighted by Crippen LogP contribution is -2.38. The van der Waals surface area contributed by atoms with Crippen LogP contribution >= 0.6 is 11.3 Å². The Bertz CT molecular complexity index is 1190. The number of carbonyl (C=O) groups is 4. The number of thiazole rings is 1. The number of carbonyl (C=O) groups excluding carboxylic acids is 4. The topological polar surface area (TPSA) is 126 Å². The fourth-order valence-corrected chi connectivity index (χ4v) is 5.46. The minimum atomic E-state index is -0.637. The first-order chi connectivity index (χ1) is 16.8. The van der Waals surface area contributed by atoms with Gasteiger partial charge in [0.2, 0.25) is 11.8 Å². The van der Waals surface area contributed by atoms with Crippen molar-refractivity contribution in [1.29, 1.82) is 0 Å². The van der Waals surface area contributed by atoms with Gasteiger partial charge in [0.15, 0.2) is 0 Å². The molecule has 1 aromatic carbocycles. The summed E-state index contributed by atoms with van der Waals surface area (Å²) in [7, 11) is 0. The van der Waals surface area contributed by atoms with Gasteiger partial charge in [0, 0.05) is 54.2 Å². The summed E-state index contributed by atoms with van der Waals surface area (Å²) in [5, 5.41) is 5.26. The van der Waals surface area contributed by atoms with Crippen LogP contribution in [0.3, 0.4) is 0 Å². The van der Waals surface area contributed by atoms with Crippen molar-refractivity contribution in [2.45, 2.75) is 45.2 Å². The van der Waals surface area contributed by atoms with Crippen LogP contribution in [0, 0.1) is 0 Å². The largest absolute Gasteiger partial charge is 0.366 e. The molecular formula is C25H29N5O4S. The number of hydrogen-bond acceptors (Lipinski definition) is 6. The fourth-order valence-electron chi connectivity index (χ4n) is 4.61. The molecule has 1 aromatic heterocycles. The second-order valence-corrected chi connectivity index (χ2v) is 9.65. The van der Waals surface area contributed by atoms with Crippen LogP contribution in [0.25, 0.3) is 10.6 Å². The zero-order valence-corrected chi connectivity index (χ0v) is 20.5. The molecule has 1 saturated heterocycles. The number of hydrogen-bond donors (Lipinski definition) is 2. The Morgan fingerprint density at radius 1 is 1.29 bits per heavy atom. The van der Waals surface area contributed by atoms with E-state index in [9.17, 15) is 19.2 Å². The monoisotopic (exact) mass is 495 g/mol. The van der Waals surface area contributed by atoms with E-state index in [0.29, 0.717) is 42.2 Å². The zero-order chi connectivity index (χ0) is 25.1. The number of amides is 4. The maximum Gasteiger partial charge on any atom is 0.270 e. The number of nitrogens with two attached hydrogens (primary N) is 1. The molecule has 3 N–H and O–H groups in total. The van der Waals surface area contributed by atoms with Gasteiger partial charge in [-0.15, -0.1) is 11.3 Å². The average molecular weight is 496 g/mol. The van der Waals surface area contributed by atoms with Gasteiger partial charge in [-0.25, -0.2) is 4.98 Å². The third kappa shape index (κ3) is 5.12. The zero-order valence-electron chi connectivity index (χ0n) is 19.7. The standard InChI is InChI=1S/C25H29N5O4S/c1-3-16(30-11-5-8-21(30)31)9-10-27-23(33)20-14-35-24(28-20)17-6-4-7-18-19(17)13-29(25(18)34)12-15(2)22(26)32/h4,6-7,14,16H,2-3,5,8-13H2,1H3,(H2,26,32)(H,27,33). The van der Waals surface area contributed by atoms with Crippen molar-refractivity contribution < 1.29 is 19.2 Å². The molecule has 0 radical (unpaired) electrons. The van der Waals surface area contributed by atoms with Gasteiger partial charge in [-0.1, -0.05) is 25.6 Å². The Balaban J connectivity index is 1.41. The normalized spacial score (nSPS) is 15.9. The minimum Gasteiger partial charge on any atom is -0.366 e. The summed E-state index contributed by atoms with van der Waals surface area (Å²) in [5.41, 5.74) is 7.89. The van der Waals surface area contributed by atoms with Gasteiger partial charge in [0.05, 0.1) is 6.54 Å². The van der Waals surface area contributed by atoms with Crippen molar-refractivity contribution in [2.24, 2.45) is 5.73 Å². The Morgan fingerprint density at radius 3 is 2.74 bits per heavy atom. The molecule has 0 spiro atoms. The highest BCUT2D eigenvalue weighted by Gasteiger charge is 2.31. The lowest BCUT2D eigenvalue weighted by Gasteiger charge is -2.26. The van der Waals surface area contributed by atoms with E-state index in [2.05, 4.69) is 23.8 Å². The Hall–Kier alpha value is -3.53. The Labute approximate surface area is 208 Å². The van der Waals surface area contributed by atoms with E-state index in [1.807, 2.05) is 11.0 Å². The molecule has 2 aliphatic heterocycles. The van der Waals surface area contributed by atoms with Crippen LogP contribution < -0.4 is 11.1 Å². The highest BCUT2D eigenvalue weighted by Crippen LogP contribution is 2.34. The molecule has 4 amide bonds. The minimum absolute atomic E-state index is 0.0651. The molecule has 1 fully saturated rings. The number of nitrogens with one attached hydrogen (secondary N) is 1. The molecule has 2 aliphatic rings. The molecule has 1 unspecified atom stereocenters. The van der Waals surface area contributed by atoms with E-state index in [0.717, 1.165) is 30.5 Å². The molecule has 2 aromatic rings. The van der Waals surface area contributed by atoms with Gasteiger partial charge < -0.3 is 20.9 Å². The quantitative estimate of drug-likeness (QED) is 0.489. The van der Waals surface area contributed by atoms with Crippen LogP contribution in [-0.4, -0.2) is 64.1 Å². The third-order valence-corrected chi connectivity index (χ3v) is 7.40. The summed E-state index contributed by atoms with van der Waals surface area (Å²) in [6.07, 6.45) is 3.06.